The maximum atomic E-state index is 12.8. The minimum Gasteiger partial charge on any atom is -0.497 e. The molecule has 3 aromatic rings. The number of methoxy groups -OCH3 is 5. The number of esters is 1. The van der Waals surface area contributed by atoms with E-state index in [1.54, 1.807) is 43.5 Å². The van der Waals surface area contributed by atoms with Gasteiger partial charge >= 0.3 is 5.97 Å². The molecule has 0 spiro atoms. The van der Waals surface area contributed by atoms with Gasteiger partial charge in [-0.2, -0.15) is 5.10 Å². The van der Waals surface area contributed by atoms with Crippen LogP contribution in [0.1, 0.15) is 15.9 Å². The van der Waals surface area contributed by atoms with E-state index in [1.165, 1.54) is 46.8 Å². The van der Waals surface area contributed by atoms with Crippen LogP contribution in [0.2, 0.25) is 0 Å². The first-order valence-corrected chi connectivity index (χ1v) is 12.1. The average molecular weight is 603 g/mol. The molecular formula is C27H27BrN2O9. The van der Waals surface area contributed by atoms with Gasteiger partial charge in [0.05, 0.1) is 51.8 Å². The Balaban J connectivity index is 1.63. The van der Waals surface area contributed by atoms with Gasteiger partial charge in [-0.1, -0.05) is 0 Å². The van der Waals surface area contributed by atoms with E-state index in [0.717, 1.165) is 0 Å². The van der Waals surface area contributed by atoms with E-state index in [2.05, 4.69) is 26.5 Å². The molecule has 0 aromatic heterocycles. The third kappa shape index (κ3) is 7.54. The molecule has 0 aliphatic heterocycles. The fraction of sp³-hybridized carbons (Fsp3) is 0.222. The molecule has 0 unspecified atom stereocenters. The zero-order valence-corrected chi connectivity index (χ0v) is 23.5. The van der Waals surface area contributed by atoms with Crippen molar-refractivity contribution in [2.45, 2.75) is 0 Å². The molecule has 3 rings (SSSR count). The molecule has 1 amide bonds. The highest BCUT2D eigenvalue weighted by atomic mass is 79.9. The molecule has 0 saturated heterocycles. The van der Waals surface area contributed by atoms with E-state index in [-0.39, 0.29) is 23.7 Å². The summed E-state index contributed by atoms with van der Waals surface area (Å²) in [5.41, 5.74) is 3.15. The maximum Gasteiger partial charge on any atom is 0.343 e. The van der Waals surface area contributed by atoms with Crippen molar-refractivity contribution in [1.29, 1.82) is 0 Å². The summed E-state index contributed by atoms with van der Waals surface area (Å²) in [6, 6.07) is 12.9. The van der Waals surface area contributed by atoms with Crippen molar-refractivity contribution < 1.29 is 42.7 Å². The highest BCUT2D eigenvalue weighted by molar-refractivity contribution is 9.10. The second-order valence-electron chi connectivity index (χ2n) is 7.59. The minimum atomic E-state index is -0.662. The van der Waals surface area contributed by atoms with Crippen LogP contribution in [0.25, 0.3) is 0 Å². The Morgan fingerprint density at radius 3 is 2.05 bits per heavy atom. The lowest BCUT2D eigenvalue weighted by Gasteiger charge is -2.14. The summed E-state index contributed by atoms with van der Waals surface area (Å²) in [7, 11) is 7.36. The fourth-order valence-corrected chi connectivity index (χ4v) is 3.76. The predicted molar refractivity (Wildman–Crippen MR) is 146 cm³/mol. The Bertz CT molecular complexity index is 1340. The van der Waals surface area contributed by atoms with Crippen molar-refractivity contribution in [2.75, 3.05) is 42.2 Å². The van der Waals surface area contributed by atoms with Crippen molar-refractivity contribution in [3.8, 4) is 40.2 Å². The SMILES string of the molecule is COc1ccc(OCC(=O)N/N=C\c2ccc(OC(=O)c3cc(OC)c(OC)c(OC)c3)c(OC)c2)c(Br)c1. The zero-order valence-electron chi connectivity index (χ0n) is 21.9. The van der Waals surface area contributed by atoms with Crippen LogP contribution >= 0.6 is 15.9 Å². The molecule has 0 bridgehead atoms. The van der Waals surface area contributed by atoms with Gasteiger partial charge < -0.3 is 33.2 Å². The molecule has 0 heterocycles. The number of halogens is 1. The van der Waals surface area contributed by atoms with Crippen molar-refractivity contribution in [3.05, 3.63) is 64.1 Å². The molecule has 3 aromatic carbocycles. The number of hydrazone groups is 1. The smallest absolute Gasteiger partial charge is 0.343 e. The molecule has 0 atom stereocenters. The lowest BCUT2D eigenvalue weighted by atomic mass is 10.1. The number of rotatable bonds is 12. The van der Waals surface area contributed by atoms with E-state index in [1.807, 2.05) is 0 Å². The van der Waals surface area contributed by atoms with E-state index >= 15 is 0 Å². The summed E-state index contributed by atoms with van der Waals surface area (Å²) in [6.45, 7) is -0.249. The molecule has 11 nitrogen and oxygen atoms in total. The summed E-state index contributed by atoms with van der Waals surface area (Å²) in [6.07, 6.45) is 1.41. The second-order valence-corrected chi connectivity index (χ2v) is 8.45. The van der Waals surface area contributed by atoms with E-state index in [0.29, 0.717) is 38.8 Å². The van der Waals surface area contributed by atoms with Gasteiger partial charge in [0, 0.05) is 0 Å². The maximum absolute atomic E-state index is 12.8. The summed E-state index contributed by atoms with van der Waals surface area (Å²) < 4.78 is 38.0. The summed E-state index contributed by atoms with van der Waals surface area (Å²) in [5, 5.41) is 3.93. The third-order valence-electron chi connectivity index (χ3n) is 5.19. The van der Waals surface area contributed by atoms with Crippen LogP contribution < -0.4 is 38.6 Å². The van der Waals surface area contributed by atoms with Gasteiger partial charge in [0.15, 0.2) is 29.6 Å². The quantitative estimate of drug-likeness (QED) is 0.140. The first-order chi connectivity index (χ1) is 18.8. The summed E-state index contributed by atoms with van der Waals surface area (Å²) >= 11 is 3.36. The lowest BCUT2D eigenvalue weighted by Crippen LogP contribution is -2.24. The summed E-state index contributed by atoms with van der Waals surface area (Å²) in [5.74, 6) is 1.44. The van der Waals surface area contributed by atoms with Gasteiger partial charge in [0.25, 0.3) is 5.91 Å². The Hall–Kier alpha value is -4.45. The van der Waals surface area contributed by atoms with Gasteiger partial charge in [-0.3, -0.25) is 4.79 Å². The number of amides is 1. The lowest BCUT2D eigenvalue weighted by molar-refractivity contribution is -0.123. The van der Waals surface area contributed by atoms with Crippen LogP contribution in [0, 0.1) is 0 Å². The number of carbonyl (C=O) groups excluding carboxylic acids is 2. The first-order valence-electron chi connectivity index (χ1n) is 11.3. The number of hydrogen-bond acceptors (Lipinski definition) is 10. The Morgan fingerprint density at radius 1 is 0.795 bits per heavy atom. The molecule has 0 aliphatic rings. The molecule has 12 heteroatoms. The zero-order chi connectivity index (χ0) is 28.4. The van der Waals surface area contributed by atoms with Crippen molar-refractivity contribution in [1.82, 2.24) is 5.43 Å². The van der Waals surface area contributed by atoms with Crippen LogP contribution in [-0.2, 0) is 4.79 Å². The topological polar surface area (TPSA) is 123 Å². The van der Waals surface area contributed by atoms with Crippen LogP contribution in [0.3, 0.4) is 0 Å². The van der Waals surface area contributed by atoms with Gasteiger partial charge in [-0.05, 0) is 70.0 Å². The van der Waals surface area contributed by atoms with Crippen LogP contribution in [0.5, 0.6) is 40.2 Å². The van der Waals surface area contributed by atoms with Crippen LogP contribution in [0.15, 0.2) is 58.1 Å². The highest BCUT2D eigenvalue weighted by Gasteiger charge is 2.19. The summed E-state index contributed by atoms with van der Waals surface area (Å²) in [4.78, 5) is 25.0. The van der Waals surface area contributed by atoms with Crippen molar-refractivity contribution >= 4 is 34.0 Å². The monoisotopic (exact) mass is 602 g/mol. The number of benzene rings is 3. The van der Waals surface area contributed by atoms with Crippen LogP contribution in [0.4, 0.5) is 0 Å². The van der Waals surface area contributed by atoms with E-state index in [4.69, 9.17) is 33.2 Å². The van der Waals surface area contributed by atoms with Crippen LogP contribution in [-0.4, -0.2) is 60.2 Å². The van der Waals surface area contributed by atoms with E-state index in [9.17, 15) is 9.59 Å². The molecule has 206 valence electrons. The second kappa shape index (κ2) is 13.9. The van der Waals surface area contributed by atoms with E-state index < -0.39 is 11.9 Å². The Kier molecular flexibility index (Phi) is 10.4. The molecule has 0 fully saturated rings. The largest absolute Gasteiger partial charge is 0.497 e. The van der Waals surface area contributed by atoms with Crippen molar-refractivity contribution in [3.63, 3.8) is 0 Å². The average Bonchev–Trinajstić information content (AvgIpc) is 2.96. The van der Waals surface area contributed by atoms with Crippen molar-refractivity contribution in [2.24, 2.45) is 5.10 Å². The molecule has 1 N–H and O–H groups in total. The normalized spacial score (nSPS) is 10.5. The number of nitrogens with zero attached hydrogens (tertiary/aromatic N) is 1. The molecule has 0 saturated carbocycles. The Labute approximate surface area is 233 Å². The number of hydrogen-bond donors (Lipinski definition) is 1. The predicted octanol–water partition coefficient (Wildman–Crippen LogP) is 4.24. The molecule has 0 radical (unpaired) electrons. The Morgan fingerprint density at radius 2 is 1.46 bits per heavy atom. The minimum absolute atomic E-state index is 0.177. The number of carbonyl (C=O) groups is 2. The van der Waals surface area contributed by atoms with Gasteiger partial charge in [-0.15, -0.1) is 0 Å². The fourth-order valence-electron chi connectivity index (χ4n) is 3.29. The number of ether oxygens (including phenoxy) is 7. The van der Waals surface area contributed by atoms with Gasteiger partial charge in [-0.25, -0.2) is 10.2 Å². The molecular weight excluding hydrogens is 576 g/mol. The number of nitrogens with one attached hydrogen (secondary N) is 1. The molecule has 39 heavy (non-hydrogen) atoms. The van der Waals surface area contributed by atoms with Gasteiger partial charge in [0.2, 0.25) is 5.75 Å². The standard InChI is InChI=1S/C27H27BrN2O9/c1-33-18-7-9-20(19(28)13-18)38-15-25(31)30-29-14-16-6-8-21(22(10-16)34-2)39-27(32)17-11-23(35-3)26(37-5)24(12-17)36-4/h6-14H,15H2,1-5H3,(H,30,31)/b29-14-. The first kappa shape index (κ1) is 29.1. The third-order valence-corrected chi connectivity index (χ3v) is 5.81. The highest BCUT2D eigenvalue weighted by Crippen LogP contribution is 2.39. The molecule has 0 aliphatic carbocycles. The van der Waals surface area contributed by atoms with Gasteiger partial charge in [0.1, 0.15) is 11.5 Å².